The van der Waals surface area contributed by atoms with Crippen molar-refractivity contribution in [1.29, 1.82) is 0 Å². The van der Waals surface area contributed by atoms with Crippen molar-refractivity contribution in [2.45, 2.75) is 275 Å². The number of hydrogen-bond acceptors (Lipinski definition) is 10. The summed E-state index contributed by atoms with van der Waals surface area (Å²) in [5.41, 5.74) is 0. The third-order valence-corrected chi connectivity index (χ3v) is 13.1. The van der Waals surface area contributed by atoms with E-state index in [9.17, 15) is 44.9 Å². The van der Waals surface area contributed by atoms with Gasteiger partial charge in [0, 0.05) is 6.42 Å². The number of hydrogen-bond donors (Lipinski definition) is 8. The predicted molar refractivity (Wildman–Crippen MR) is 241 cm³/mol. The quantitative estimate of drug-likeness (QED) is 0.0165. The van der Waals surface area contributed by atoms with Gasteiger partial charge in [-0.15, -0.1) is 0 Å². The highest BCUT2D eigenvalue weighted by Crippen LogP contribution is 2.47. The molecule has 13 heteroatoms. The largest absolute Gasteiger partial charge is 0.472 e. The minimum atomic E-state index is -5.07. The summed E-state index contributed by atoms with van der Waals surface area (Å²) in [6, 6.07) is -1.11. The molecule has 0 aromatic rings. The lowest BCUT2D eigenvalue weighted by Gasteiger charge is -2.41. The number of nitrogens with one attached hydrogen (secondary N) is 1. The Balaban J connectivity index is 2.37. The van der Waals surface area contributed by atoms with E-state index >= 15 is 0 Å². The molecule has 0 aromatic heterocycles. The molecule has 0 saturated heterocycles. The van der Waals surface area contributed by atoms with E-state index in [1.54, 1.807) is 0 Å². The van der Waals surface area contributed by atoms with Crippen molar-refractivity contribution >= 4 is 13.7 Å². The van der Waals surface area contributed by atoms with E-state index in [0.29, 0.717) is 6.42 Å². The second-order valence-corrected chi connectivity index (χ2v) is 19.1. The van der Waals surface area contributed by atoms with Crippen LogP contribution in [0.1, 0.15) is 226 Å². The molecule has 1 rings (SSSR count). The minimum Gasteiger partial charge on any atom is -0.387 e. The van der Waals surface area contributed by atoms with Crippen LogP contribution in [0.25, 0.3) is 0 Å². The molecular weight excluding hydrogens is 785 g/mol. The first-order valence-electron chi connectivity index (χ1n) is 24.6. The normalized spacial score (nSPS) is 22.9. The smallest absolute Gasteiger partial charge is 0.387 e. The highest BCUT2D eigenvalue weighted by Gasteiger charge is 2.51. The van der Waals surface area contributed by atoms with Crippen LogP contribution in [0.5, 0.6) is 0 Å². The third-order valence-electron chi connectivity index (χ3n) is 12.1. The van der Waals surface area contributed by atoms with Crippen molar-refractivity contribution in [3.05, 3.63) is 12.2 Å². The molecule has 1 saturated carbocycles. The number of amides is 1. The van der Waals surface area contributed by atoms with Crippen LogP contribution in [0.2, 0.25) is 0 Å². The van der Waals surface area contributed by atoms with E-state index in [1.807, 2.05) is 6.08 Å². The van der Waals surface area contributed by atoms with Crippen molar-refractivity contribution in [2.24, 2.45) is 0 Å². The highest BCUT2D eigenvalue weighted by atomic mass is 31.2. The van der Waals surface area contributed by atoms with Crippen molar-refractivity contribution in [1.82, 2.24) is 5.32 Å². The van der Waals surface area contributed by atoms with Gasteiger partial charge in [0.15, 0.2) is 0 Å². The molecule has 1 fully saturated rings. The van der Waals surface area contributed by atoms with Gasteiger partial charge in [-0.1, -0.05) is 212 Å². The zero-order chi connectivity index (χ0) is 44.3. The third kappa shape index (κ3) is 28.7. The van der Waals surface area contributed by atoms with Gasteiger partial charge in [0.05, 0.1) is 18.8 Å². The number of phosphoric acid groups is 1. The molecule has 0 aromatic carbocycles. The molecule has 1 amide bonds. The molecule has 0 aliphatic heterocycles. The monoisotopic (exact) mass is 878 g/mol. The molecule has 1 aliphatic rings. The van der Waals surface area contributed by atoms with E-state index in [0.717, 1.165) is 44.9 Å². The number of rotatable bonds is 41. The number of aliphatic hydroxyl groups is 6. The van der Waals surface area contributed by atoms with Gasteiger partial charge in [0.25, 0.3) is 0 Å². The van der Waals surface area contributed by atoms with Crippen LogP contribution in [-0.2, 0) is 18.4 Å². The summed E-state index contributed by atoms with van der Waals surface area (Å²) in [5.74, 6) is -0.338. The fourth-order valence-corrected chi connectivity index (χ4v) is 8.99. The molecule has 0 radical (unpaired) electrons. The van der Waals surface area contributed by atoms with Crippen molar-refractivity contribution < 1.29 is 53.9 Å². The molecule has 9 atom stereocenters. The highest BCUT2D eigenvalue weighted by molar-refractivity contribution is 7.47. The number of phosphoric ester groups is 1. The molecule has 0 spiro atoms. The average Bonchev–Trinajstić information content (AvgIpc) is 3.23. The molecule has 6 unspecified atom stereocenters. The molecule has 60 heavy (non-hydrogen) atoms. The molecule has 0 heterocycles. The van der Waals surface area contributed by atoms with Crippen LogP contribution in [0.15, 0.2) is 12.2 Å². The summed E-state index contributed by atoms with van der Waals surface area (Å²) in [6.45, 7) is 3.84. The Labute approximate surface area is 365 Å². The van der Waals surface area contributed by atoms with E-state index < -0.39 is 63.2 Å². The van der Waals surface area contributed by atoms with Gasteiger partial charge in [0.1, 0.15) is 36.6 Å². The number of unbranched alkanes of at least 4 members (excludes halogenated alkanes) is 30. The molecule has 0 bridgehead atoms. The standard InChI is InChI=1S/C47H92NO11P/c1-3-5-7-9-11-13-15-16-17-18-19-20-21-22-23-24-25-27-29-31-33-35-37-41(50)48-39(40(49)36-34-32-30-28-26-14-12-10-8-6-4-2)38-58-60(56,57)59-47-45(54)43(52)42(51)44(53)46(47)55/h34,36,39-40,42-47,49,51-55H,3-33,35,37-38H2,1-2H3,(H,48,50)(H,56,57)/b36-34+/t39-,40+,42?,43+,44?,45?,46?,47?/m0/s1. The Morgan fingerprint density at radius 3 is 1.27 bits per heavy atom. The Hall–Kier alpha value is -0.920. The van der Waals surface area contributed by atoms with E-state index in [1.165, 1.54) is 160 Å². The lowest BCUT2D eigenvalue weighted by atomic mass is 9.85. The fourth-order valence-electron chi connectivity index (χ4n) is 8.02. The summed E-state index contributed by atoms with van der Waals surface area (Å²) in [6.07, 6.45) is 30.1. The molecule has 356 valence electrons. The van der Waals surface area contributed by atoms with Crippen molar-refractivity contribution in [3.8, 4) is 0 Å². The lowest BCUT2D eigenvalue weighted by molar-refractivity contribution is -0.220. The lowest BCUT2D eigenvalue weighted by Crippen LogP contribution is -2.64. The van der Waals surface area contributed by atoms with E-state index in [-0.39, 0.29) is 12.3 Å². The van der Waals surface area contributed by atoms with Gasteiger partial charge in [0.2, 0.25) is 5.91 Å². The zero-order valence-electron chi connectivity index (χ0n) is 38.0. The summed E-state index contributed by atoms with van der Waals surface area (Å²) in [7, 11) is -5.07. The van der Waals surface area contributed by atoms with Crippen LogP contribution in [0, 0.1) is 0 Å². The zero-order valence-corrected chi connectivity index (χ0v) is 38.9. The summed E-state index contributed by atoms with van der Waals surface area (Å²) < 4.78 is 22.9. The van der Waals surface area contributed by atoms with Crippen LogP contribution in [0.4, 0.5) is 0 Å². The van der Waals surface area contributed by atoms with Crippen LogP contribution in [-0.4, -0.2) is 96.8 Å². The van der Waals surface area contributed by atoms with Crippen LogP contribution >= 0.6 is 7.82 Å². The summed E-state index contributed by atoms with van der Waals surface area (Å²) >= 11 is 0. The first kappa shape index (κ1) is 57.1. The maximum atomic E-state index is 12.9. The van der Waals surface area contributed by atoms with Crippen molar-refractivity contribution in [2.75, 3.05) is 6.61 Å². The summed E-state index contributed by atoms with van der Waals surface area (Å²) in [4.78, 5) is 23.4. The Morgan fingerprint density at radius 1 is 0.550 bits per heavy atom. The second-order valence-electron chi connectivity index (χ2n) is 17.7. The average molecular weight is 878 g/mol. The van der Waals surface area contributed by atoms with E-state index in [4.69, 9.17) is 9.05 Å². The predicted octanol–water partition coefficient (Wildman–Crippen LogP) is 9.62. The van der Waals surface area contributed by atoms with Gasteiger partial charge in [-0.05, 0) is 19.3 Å². The molecular formula is C47H92NO11P. The molecule has 12 nitrogen and oxygen atoms in total. The number of aliphatic hydroxyl groups excluding tert-OH is 6. The topological polar surface area (TPSA) is 206 Å². The molecule has 8 N–H and O–H groups in total. The minimum absolute atomic E-state index is 0.219. The SMILES string of the molecule is CCCCCCCCCCC/C=C/[C@@H](O)[C@H](COP(=O)(O)OC1C(O)C(O)C(O)[C@@H](O)C1O)NC(=O)CCCCCCCCCCCCCCCCCCCCCCCC. The van der Waals surface area contributed by atoms with Gasteiger partial charge in [-0.3, -0.25) is 13.8 Å². The first-order chi connectivity index (χ1) is 28.9. The number of carbonyl (C=O) groups excluding carboxylic acids is 1. The van der Waals surface area contributed by atoms with Gasteiger partial charge in [-0.2, -0.15) is 0 Å². The van der Waals surface area contributed by atoms with Gasteiger partial charge < -0.3 is 40.8 Å². The Bertz CT molecular complexity index is 1070. The van der Waals surface area contributed by atoms with Crippen LogP contribution < -0.4 is 5.32 Å². The Kier molecular flexibility index (Phi) is 35.6. The molecule has 1 aliphatic carbocycles. The van der Waals surface area contributed by atoms with Gasteiger partial charge >= 0.3 is 7.82 Å². The number of allylic oxidation sites excluding steroid dienone is 1. The first-order valence-corrected chi connectivity index (χ1v) is 26.1. The van der Waals surface area contributed by atoms with Gasteiger partial charge in [-0.25, -0.2) is 4.57 Å². The number of carbonyl (C=O) groups is 1. The fraction of sp³-hybridized carbons (Fsp3) is 0.936. The second kappa shape index (κ2) is 37.5. The van der Waals surface area contributed by atoms with E-state index in [2.05, 4.69) is 19.2 Å². The van der Waals surface area contributed by atoms with Crippen LogP contribution in [0.3, 0.4) is 0 Å². The van der Waals surface area contributed by atoms with Crippen molar-refractivity contribution in [3.63, 3.8) is 0 Å². The maximum Gasteiger partial charge on any atom is 0.472 e. The Morgan fingerprint density at radius 2 is 0.883 bits per heavy atom. The maximum absolute atomic E-state index is 12.9. The summed E-state index contributed by atoms with van der Waals surface area (Å²) in [5, 5.41) is 63.9.